The lowest BCUT2D eigenvalue weighted by Crippen LogP contribution is -2.21. The van der Waals surface area contributed by atoms with Crippen molar-refractivity contribution in [1.29, 1.82) is 0 Å². The Kier molecular flexibility index (Phi) is 8.30. The highest BCUT2D eigenvalue weighted by Crippen LogP contribution is 2.35. The Morgan fingerprint density at radius 2 is 1.91 bits per heavy atom. The van der Waals surface area contributed by atoms with Crippen LogP contribution in [0.5, 0.6) is 5.75 Å². The van der Waals surface area contributed by atoms with Crippen LogP contribution in [0.2, 0.25) is 5.02 Å². The van der Waals surface area contributed by atoms with E-state index in [0.717, 1.165) is 11.3 Å². The van der Waals surface area contributed by atoms with Crippen LogP contribution in [0.1, 0.15) is 56.9 Å². The zero-order chi connectivity index (χ0) is 24.8. The quantitative estimate of drug-likeness (QED) is 0.410. The normalized spacial score (nSPS) is 10.8. The van der Waals surface area contributed by atoms with Crippen molar-refractivity contribution in [2.24, 2.45) is 0 Å². The van der Waals surface area contributed by atoms with Gasteiger partial charge < -0.3 is 19.5 Å². The predicted octanol–water partition coefficient (Wildman–Crippen LogP) is 4.94. The molecule has 0 unspecified atom stereocenters. The lowest BCUT2D eigenvalue weighted by Gasteiger charge is -2.12. The number of nitrogens with one attached hydrogen (secondary N) is 1. The van der Waals surface area contributed by atoms with Crippen molar-refractivity contribution in [1.82, 2.24) is 9.78 Å². The standard InChI is InChI=1S/C23H24ClN3O6S/c1-5-31-23(30)19-14(4)18(22(29)33-13(2)3)21(34-19)26-20(28)16-10-11-25-27(16)12-32-17-9-7-6-8-15(17)24/h6-11,13H,5,12H2,1-4H3,(H,26,28). The lowest BCUT2D eigenvalue weighted by molar-refractivity contribution is 0.0379. The maximum absolute atomic E-state index is 13.1. The summed E-state index contributed by atoms with van der Waals surface area (Å²) < 4.78 is 17.4. The lowest BCUT2D eigenvalue weighted by atomic mass is 10.1. The van der Waals surface area contributed by atoms with Gasteiger partial charge in [0.05, 0.1) is 23.3 Å². The number of esters is 2. The second-order valence-electron chi connectivity index (χ2n) is 7.31. The maximum atomic E-state index is 13.1. The van der Waals surface area contributed by atoms with Crippen molar-refractivity contribution in [2.45, 2.75) is 40.5 Å². The van der Waals surface area contributed by atoms with E-state index in [9.17, 15) is 14.4 Å². The van der Waals surface area contributed by atoms with Crippen LogP contribution in [0, 0.1) is 6.92 Å². The minimum atomic E-state index is -0.648. The number of thiophene rings is 1. The number of para-hydroxylation sites is 1. The summed E-state index contributed by atoms with van der Waals surface area (Å²) in [6, 6.07) is 8.44. The van der Waals surface area contributed by atoms with Crippen LogP contribution in [0.15, 0.2) is 36.5 Å². The van der Waals surface area contributed by atoms with Crippen LogP contribution in [0.3, 0.4) is 0 Å². The van der Waals surface area contributed by atoms with Gasteiger partial charge in [0, 0.05) is 6.20 Å². The van der Waals surface area contributed by atoms with Gasteiger partial charge in [0.15, 0.2) is 6.73 Å². The molecular formula is C23H24ClN3O6S. The summed E-state index contributed by atoms with van der Waals surface area (Å²) in [4.78, 5) is 38.4. The topological polar surface area (TPSA) is 109 Å². The third-order valence-corrected chi connectivity index (χ3v) is 6.01. The SMILES string of the molecule is CCOC(=O)c1sc(NC(=O)c2ccnn2COc2ccccc2Cl)c(C(=O)OC(C)C)c1C. The Bertz CT molecular complexity index is 1200. The number of hydrogen-bond donors (Lipinski definition) is 1. The molecule has 0 aliphatic carbocycles. The number of carbonyl (C=O) groups is 3. The van der Waals surface area contributed by atoms with Gasteiger partial charge in [-0.1, -0.05) is 23.7 Å². The van der Waals surface area contributed by atoms with Crippen molar-refractivity contribution in [3.05, 3.63) is 63.2 Å². The van der Waals surface area contributed by atoms with Crippen LogP contribution >= 0.6 is 22.9 Å². The summed E-state index contributed by atoms with van der Waals surface area (Å²) in [7, 11) is 0. The largest absolute Gasteiger partial charge is 0.470 e. The molecular weight excluding hydrogens is 482 g/mol. The Morgan fingerprint density at radius 3 is 2.59 bits per heavy atom. The average molecular weight is 506 g/mol. The highest BCUT2D eigenvalue weighted by molar-refractivity contribution is 7.18. The van der Waals surface area contributed by atoms with E-state index in [-0.39, 0.29) is 40.6 Å². The fraction of sp³-hybridized carbons (Fsp3) is 0.304. The van der Waals surface area contributed by atoms with E-state index in [1.807, 2.05) is 0 Å². The first-order chi connectivity index (χ1) is 16.2. The highest BCUT2D eigenvalue weighted by Gasteiger charge is 2.28. The molecule has 11 heteroatoms. The van der Waals surface area contributed by atoms with E-state index in [1.165, 1.54) is 16.9 Å². The number of hydrogen-bond acceptors (Lipinski definition) is 8. The molecule has 0 aliphatic heterocycles. The summed E-state index contributed by atoms with van der Waals surface area (Å²) >= 11 is 7.06. The number of amides is 1. The first-order valence-electron chi connectivity index (χ1n) is 10.4. The third-order valence-electron chi connectivity index (χ3n) is 4.51. The molecule has 0 atom stereocenters. The third kappa shape index (κ3) is 5.75. The molecule has 0 bridgehead atoms. The monoisotopic (exact) mass is 505 g/mol. The summed E-state index contributed by atoms with van der Waals surface area (Å²) in [6.07, 6.45) is 1.06. The molecule has 0 fully saturated rings. The number of halogens is 1. The van der Waals surface area contributed by atoms with Gasteiger partial charge in [0.1, 0.15) is 21.3 Å². The number of anilines is 1. The van der Waals surface area contributed by atoms with E-state index in [4.69, 9.17) is 25.8 Å². The van der Waals surface area contributed by atoms with Crippen molar-refractivity contribution < 1.29 is 28.6 Å². The van der Waals surface area contributed by atoms with Gasteiger partial charge in [-0.2, -0.15) is 5.10 Å². The molecule has 1 amide bonds. The molecule has 9 nitrogen and oxygen atoms in total. The number of aromatic nitrogens is 2. The summed E-state index contributed by atoms with van der Waals surface area (Å²) in [5, 5.41) is 7.43. The summed E-state index contributed by atoms with van der Waals surface area (Å²) in [5.74, 6) is -1.33. The van der Waals surface area contributed by atoms with Crippen LogP contribution in [-0.4, -0.2) is 40.3 Å². The molecule has 0 saturated carbocycles. The molecule has 3 rings (SSSR count). The van der Waals surface area contributed by atoms with Crippen molar-refractivity contribution >= 4 is 45.8 Å². The first kappa shape index (κ1) is 25.3. The Labute approximate surface area is 205 Å². The van der Waals surface area contributed by atoms with Gasteiger partial charge >= 0.3 is 11.9 Å². The molecule has 0 aliphatic rings. The highest BCUT2D eigenvalue weighted by atomic mass is 35.5. The van der Waals surface area contributed by atoms with Crippen molar-refractivity contribution in [3.63, 3.8) is 0 Å². The predicted molar refractivity (Wildman–Crippen MR) is 128 cm³/mol. The Balaban J connectivity index is 1.86. The minimum Gasteiger partial charge on any atom is -0.470 e. The second kappa shape index (κ2) is 11.2. The van der Waals surface area contributed by atoms with E-state index in [2.05, 4.69) is 10.4 Å². The number of benzene rings is 1. The minimum absolute atomic E-state index is 0.0702. The van der Waals surface area contributed by atoms with Gasteiger partial charge in [0.2, 0.25) is 0 Å². The average Bonchev–Trinajstić information content (AvgIpc) is 3.37. The van der Waals surface area contributed by atoms with E-state index in [1.54, 1.807) is 52.0 Å². The second-order valence-corrected chi connectivity index (χ2v) is 8.74. The van der Waals surface area contributed by atoms with Gasteiger partial charge in [-0.3, -0.25) is 4.79 Å². The molecule has 180 valence electrons. The number of ether oxygens (including phenoxy) is 3. The van der Waals surface area contributed by atoms with E-state index in [0.29, 0.717) is 16.3 Å². The first-order valence-corrected chi connectivity index (χ1v) is 11.6. The van der Waals surface area contributed by atoms with Crippen molar-refractivity contribution in [2.75, 3.05) is 11.9 Å². The van der Waals surface area contributed by atoms with Crippen molar-refractivity contribution in [3.8, 4) is 5.75 Å². The van der Waals surface area contributed by atoms with E-state index < -0.39 is 17.8 Å². The summed E-state index contributed by atoms with van der Waals surface area (Å²) in [6.45, 7) is 6.82. The van der Waals surface area contributed by atoms with Gasteiger partial charge in [-0.05, 0) is 51.5 Å². The van der Waals surface area contributed by atoms with Crippen LogP contribution in [0.25, 0.3) is 0 Å². The maximum Gasteiger partial charge on any atom is 0.348 e. The van der Waals surface area contributed by atoms with Crippen LogP contribution in [0.4, 0.5) is 5.00 Å². The van der Waals surface area contributed by atoms with Crippen LogP contribution in [-0.2, 0) is 16.2 Å². The Morgan fingerprint density at radius 1 is 1.18 bits per heavy atom. The number of carbonyl (C=O) groups excluding carboxylic acids is 3. The summed E-state index contributed by atoms with van der Waals surface area (Å²) in [5.41, 5.74) is 0.660. The zero-order valence-corrected chi connectivity index (χ0v) is 20.7. The molecule has 1 aromatic carbocycles. The van der Waals surface area contributed by atoms with Gasteiger partial charge in [-0.15, -0.1) is 11.3 Å². The molecule has 2 heterocycles. The molecule has 0 saturated heterocycles. The number of rotatable bonds is 9. The van der Waals surface area contributed by atoms with E-state index >= 15 is 0 Å². The van der Waals surface area contributed by atoms with Gasteiger partial charge in [-0.25, -0.2) is 14.3 Å². The molecule has 3 aromatic rings. The molecule has 34 heavy (non-hydrogen) atoms. The molecule has 0 radical (unpaired) electrons. The molecule has 2 aromatic heterocycles. The fourth-order valence-corrected chi connectivity index (χ4v) is 4.27. The molecule has 1 N–H and O–H groups in total. The smallest absolute Gasteiger partial charge is 0.348 e. The fourth-order valence-electron chi connectivity index (χ4n) is 3.00. The zero-order valence-electron chi connectivity index (χ0n) is 19.1. The Hall–Kier alpha value is -3.37. The molecule has 0 spiro atoms. The van der Waals surface area contributed by atoms with Gasteiger partial charge in [0.25, 0.3) is 5.91 Å². The van der Waals surface area contributed by atoms with Crippen LogP contribution < -0.4 is 10.1 Å². The number of nitrogens with zero attached hydrogens (tertiary/aromatic N) is 2.